The van der Waals surface area contributed by atoms with Crippen molar-refractivity contribution in [3.05, 3.63) is 16.2 Å². The third-order valence-corrected chi connectivity index (χ3v) is 4.58. The van der Waals surface area contributed by atoms with Crippen LogP contribution < -0.4 is 0 Å². The fourth-order valence-electron chi connectivity index (χ4n) is 2.96. The number of hydrogen-bond acceptors (Lipinski definition) is 10. The topological polar surface area (TPSA) is 132 Å². The number of esters is 3. The van der Waals surface area contributed by atoms with Crippen molar-refractivity contribution in [2.75, 3.05) is 6.61 Å². The Morgan fingerprint density at radius 3 is 2.41 bits per heavy atom. The SMILES string of the molecule is CC(=O)OC[C@H]1O[C@@H](n2cnc3c(Cl)nc(Br)nc32)[C@H](OC(C)=O)[C@@H]1OC(C)=O. The predicted molar refractivity (Wildman–Crippen MR) is 99.7 cm³/mol. The van der Waals surface area contributed by atoms with Crippen LogP contribution >= 0.6 is 27.5 Å². The van der Waals surface area contributed by atoms with Gasteiger partial charge in [0.25, 0.3) is 0 Å². The average Bonchev–Trinajstić information content (AvgIpc) is 3.15. The van der Waals surface area contributed by atoms with E-state index in [1.165, 1.54) is 31.7 Å². The van der Waals surface area contributed by atoms with Crippen LogP contribution in [0, 0.1) is 0 Å². The molecule has 0 unspecified atom stereocenters. The van der Waals surface area contributed by atoms with E-state index in [0.717, 1.165) is 0 Å². The summed E-state index contributed by atoms with van der Waals surface area (Å²) in [5.41, 5.74) is 0.598. The smallest absolute Gasteiger partial charge is 0.303 e. The highest BCUT2D eigenvalue weighted by molar-refractivity contribution is 9.10. The van der Waals surface area contributed by atoms with Crippen molar-refractivity contribution in [3.8, 4) is 0 Å². The Labute approximate surface area is 177 Å². The lowest BCUT2D eigenvalue weighted by Gasteiger charge is -2.23. The number of nitrogens with zero attached hydrogens (tertiary/aromatic N) is 4. The van der Waals surface area contributed by atoms with E-state index < -0.39 is 42.4 Å². The summed E-state index contributed by atoms with van der Waals surface area (Å²) in [6, 6.07) is 0. The van der Waals surface area contributed by atoms with Crippen molar-refractivity contribution in [1.29, 1.82) is 0 Å². The van der Waals surface area contributed by atoms with Gasteiger partial charge < -0.3 is 18.9 Å². The van der Waals surface area contributed by atoms with Crippen LogP contribution in [0.3, 0.4) is 0 Å². The van der Waals surface area contributed by atoms with Crippen LogP contribution in [-0.2, 0) is 33.3 Å². The van der Waals surface area contributed by atoms with Crippen LogP contribution in [0.1, 0.15) is 27.0 Å². The third kappa shape index (κ3) is 4.65. The molecule has 3 heterocycles. The number of carbonyl (C=O) groups is 3. The summed E-state index contributed by atoms with van der Waals surface area (Å²) >= 11 is 9.27. The van der Waals surface area contributed by atoms with Gasteiger partial charge in [0.1, 0.15) is 18.2 Å². The first kappa shape index (κ1) is 21.4. The van der Waals surface area contributed by atoms with Gasteiger partial charge in [-0.2, -0.15) is 0 Å². The van der Waals surface area contributed by atoms with Crippen LogP contribution in [0.5, 0.6) is 0 Å². The molecule has 1 aliphatic rings. The van der Waals surface area contributed by atoms with Gasteiger partial charge in [0.15, 0.2) is 34.0 Å². The highest BCUT2D eigenvalue weighted by atomic mass is 79.9. The van der Waals surface area contributed by atoms with Gasteiger partial charge in [-0.3, -0.25) is 19.0 Å². The van der Waals surface area contributed by atoms with Gasteiger partial charge in [-0.05, 0) is 15.9 Å². The van der Waals surface area contributed by atoms with Crippen LogP contribution in [0.25, 0.3) is 11.2 Å². The van der Waals surface area contributed by atoms with E-state index in [9.17, 15) is 14.4 Å². The number of carbonyl (C=O) groups excluding carboxylic acids is 3. The number of imidazole rings is 1. The first-order valence-electron chi connectivity index (χ1n) is 8.36. The average molecular weight is 492 g/mol. The molecule has 29 heavy (non-hydrogen) atoms. The van der Waals surface area contributed by atoms with E-state index >= 15 is 0 Å². The van der Waals surface area contributed by atoms with Gasteiger partial charge in [0.05, 0.1) is 6.33 Å². The number of halogens is 2. The summed E-state index contributed by atoms with van der Waals surface area (Å²) in [7, 11) is 0. The largest absolute Gasteiger partial charge is 0.463 e. The lowest BCUT2D eigenvalue weighted by molar-refractivity contribution is -0.166. The van der Waals surface area contributed by atoms with Crippen LogP contribution in [0.15, 0.2) is 11.1 Å². The van der Waals surface area contributed by atoms with Gasteiger partial charge >= 0.3 is 17.9 Å². The maximum atomic E-state index is 11.7. The standard InChI is InChI=1S/C16H16BrClN4O7/c1-6(23)26-4-9-11(27-7(2)24)12(28-8(3)25)15(29-9)22-5-19-10-13(18)20-16(17)21-14(10)22/h5,9,11-12,15H,4H2,1-3H3/t9-,11-,12-,15-/m1/s1. The lowest BCUT2D eigenvalue weighted by atomic mass is 10.1. The number of ether oxygens (including phenoxy) is 4. The minimum absolute atomic E-state index is 0.107. The summed E-state index contributed by atoms with van der Waals surface area (Å²) in [6.45, 7) is 3.44. The quantitative estimate of drug-likeness (QED) is 0.263. The lowest BCUT2D eigenvalue weighted by Crippen LogP contribution is -2.40. The minimum atomic E-state index is -1.05. The van der Waals surface area contributed by atoms with Gasteiger partial charge in [0.2, 0.25) is 0 Å². The van der Waals surface area contributed by atoms with Crippen molar-refractivity contribution in [2.24, 2.45) is 0 Å². The maximum absolute atomic E-state index is 11.7. The zero-order chi connectivity index (χ0) is 21.3. The van der Waals surface area contributed by atoms with Crippen molar-refractivity contribution in [1.82, 2.24) is 19.5 Å². The van der Waals surface area contributed by atoms with E-state index in [2.05, 4.69) is 30.9 Å². The Kier molecular flexibility index (Phi) is 6.34. The van der Waals surface area contributed by atoms with Crippen LogP contribution in [0.2, 0.25) is 5.15 Å². The summed E-state index contributed by atoms with van der Waals surface area (Å²) in [4.78, 5) is 46.9. The van der Waals surface area contributed by atoms with E-state index in [1.54, 1.807) is 0 Å². The molecule has 2 aromatic rings. The predicted octanol–water partition coefficient (Wildman–Crippen LogP) is 1.57. The first-order valence-corrected chi connectivity index (χ1v) is 9.53. The molecule has 1 aliphatic heterocycles. The van der Waals surface area contributed by atoms with E-state index in [-0.39, 0.29) is 16.5 Å². The fourth-order valence-corrected chi connectivity index (χ4v) is 3.62. The van der Waals surface area contributed by atoms with Gasteiger partial charge in [-0.15, -0.1) is 0 Å². The molecule has 11 nitrogen and oxygen atoms in total. The Morgan fingerprint density at radius 2 is 1.79 bits per heavy atom. The van der Waals surface area contributed by atoms with Crippen molar-refractivity contribution in [3.63, 3.8) is 0 Å². The molecular formula is C16H16BrClN4O7. The molecule has 1 fully saturated rings. The first-order chi connectivity index (χ1) is 13.7. The second kappa shape index (κ2) is 8.59. The maximum Gasteiger partial charge on any atom is 0.303 e. The summed E-state index contributed by atoms with van der Waals surface area (Å²) in [5.74, 6) is -1.78. The molecule has 0 aliphatic carbocycles. The molecular weight excluding hydrogens is 476 g/mol. The molecule has 0 spiro atoms. The second-order valence-electron chi connectivity index (χ2n) is 6.12. The summed E-state index contributed by atoms with van der Waals surface area (Å²) in [5, 5.41) is 0.107. The highest BCUT2D eigenvalue weighted by Crippen LogP contribution is 2.36. The molecule has 0 saturated carbocycles. The van der Waals surface area contributed by atoms with Crippen LogP contribution in [0.4, 0.5) is 0 Å². The number of hydrogen-bond donors (Lipinski definition) is 0. The number of fused-ring (bicyclic) bond motifs is 1. The molecule has 3 rings (SSSR count). The Balaban J connectivity index is 2.04. The Bertz CT molecular complexity index is 968. The highest BCUT2D eigenvalue weighted by Gasteiger charge is 2.51. The van der Waals surface area contributed by atoms with Gasteiger partial charge in [-0.25, -0.2) is 15.0 Å². The molecule has 0 amide bonds. The van der Waals surface area contributed by atoms with E-state index in [1.807, 2.05) is 0 Å². The zero-order valence-corrected chi connectivity index (χ0v) is 17.8. The van der Waals surface area contributed by atoms with Crippen molar-refractivity contribution < 1.29 is 33.3 Å². The molecule has 13 heteroatoms. The third-order valence-electron chi connectivity index (χ3n) is 3.97. The second-order valence-corrected chi connectivity index (χ2v) is 7.19. The number of aromatic nitrogens is 4. The minimum Gasteiger partial charge on any atom is -0.463 e. The van der Waals surface area contributed by atoms with E-state index in [0.29, 0.717) is 11.2 Å². The molecule has 0 aromatic carbocycles. The van der Waals surface area contributed by atoms with Gasteiger partial charge in [-0.1, -0.05) is 11.6 Å². The molecule has 4 atom stereocenters. The number of rotatable bonds is 5. The van der Waals surface area contributed by atoms with Crippen molar-refractivity contribution >= 4 is 56.6 Å². The summed E-state index contributed by atoms with van der Waals surface area (Å²) in [6.07, 6.45) is -2.57. The molecule has 2 aromatic heterocycles. The molecule has 0 bridgehead atoms. The van der Waals surface area contributed by atoms with Crippen LogP contribution in [-0.4, -0.2) is 62.3 Å². The van der Waals surface area contributed by atoms with Gasteiger partial charge in [0, 0.05) is 20.8 Å². The molecule has 156 valence electrons. The normalized spacial score (nSPS) is 23.8. The Morgan fingerprint density at radius 1 is 1.14 bits per heavy atom. The fraction of sp³-hybridized carbons (Fsp3) is 0.500. The summed E-state index contributed by atoms with van der Waals surface area (Å²) < 4.78 is 23.4. The molecule has 0 radical (unpaired) electrons. The van der Waals surface area contributed by atoms with E-state index in [4.69, 9.17) is 30.5 Å². The monoisotopic (exact) mass is 490 g/mol. The molecule has 1 saturated heterocycles. The Hall–Kier alpha value is -2.31. The molecule has 0 N–H and O–H groups in total. The zero-order valence-electron chi connectivity index (χ0n) is 15.5. The van der Waals surface area contributed by atoms with Crippen molar-refractivity contribution in [2.45, 2.75) is 45.3 Å².